The number of carbonyl (C=O) groups excluding carboxylic acids is 2. The number of cyclic esters (lactones) is 1. The Kier molecular flexibility index (Phi) is 6.80. The monoisotopic (exact) mass is 470 g/mol. The van der Waals surface area contributed by atoms with E-state index < -0.39 is 18.0 Å². The standard InChI is InChI=1S/C22H23FN6O3S/c1-13(30)25-11-17-12-29(22(31)32-17)16-6-7-18(19(23)8-16)15-4-2-14(3-5-15)10-26-21-27-20(9-24)33-28-21/h2-8,17H,9-12,24H2,1H3,(H,25,30)(H,26,28)/t17-/m0/s1. The fraction of sp³-hybridized carbons (Fsp3) is 0.273. The van der Waals surface area contributed by atoms with Gasteiger partial charge in [0.15, 0.2) is 0 Å². The van der Waals surface area contributed by atoms with Crippen LogP contribution in [0.1, 0.15) is 17.5 Å². The summed E-state index contributed by atoms with van der Waals surface area (Å²) in [7, 11) is 0. The molecule has 1 atom stereocenters. The van der Waals surface area contributed by atoms with Gasteiger partial charge in [-0.25, -0.2) is 14.2 Å². The van der Waals surface area contributed by atoms with Crippen molar-refractivity contribution >= 4 is 35.2 Å². The zero-order valence-electron chi connectivity index (χ0n) is 17.9. The van der Waals surface area contributed by atoms with E-state index >= 15 is 0 Å². The van der Waals surface area contributed by atoms with E-state index in [1.54, 1.807) is 12.1 Å². The van der Waals surface area contributed by atoms with Gasteiger partial charge in [-0.3, -0.25) is 9.69 Å². The van der Waals surface area contributed by atoms with E-state index in [0.717, 1.165) is 10.6 Å². The van der Waals surface area contributed by atoms with Crippen LogP contribution in [-0.4, -0.2) is 40.6 Å². The van der Waals surface area contributed by atoms with Crippen LogP contribution in [0.25, 0.3) is 11.1 Å². The molecule has 2 aromatic carbocycles. The Morgan fingerprint density at radius 2 is 2.09 bits per heavy atom. The van der Waals surface area contributed by atoms with Crippen molar-refractivity contribution in [3.05, 3.63) is 58.9 Å². The smallest absolute Gasteiger partial charge is 0.414 e. The van der Waals surface area contributed by atoms with Crippen molar-refractivity contribution in [3.63, 3.8) is 0 Å². The maximum atomic E-state index is 14.9. The zero-order valence-corrected chi connectivity index (χ0v) is 18.7. The molecule has 11 heteroatoms. The zero-order chi connectivity index (χ0) is 23.4. The molecule has 0 bridgehead atoms. The highest BCUT2D eigenvalue weighted by Crippen LogP contribution is 2.29. The minimum Gasteiger partial charge on any atom is -0.442 e. The topological polar surface area (TPSA) is 122 Å². The molecule has 0 unspecified atom stereocenters. The van der Waals surface area contributed by atoms with Crippen molar-refractivity contribution in [2.45, 2.75) is 26.1 Å². The lowest BCUT2D eigenvalue weighted by molar-refractivity contribution is -0.119. The quantitative estimate of drug-likeness (QED) is 0.463. The van der Waals surface area contributed by atoms with Gasteiger partial charge in [0.2, 0.25) is 11.9 Å². The van der Waals surface area contributed by atoms with Crippen LogP contribution in [0.4, 0.5) is 20.8 Å². The lowest BCUT2D eigenvalue weighted by Gasteiger charge is -2.15. The summed E-state index contributed by atoms with van der Waals surface area (Å²) >= 11 is 1.26. The van der Waals surface area contributed by atoms with Crippen molar-refractivity contribution < 1.29 is 18.7 Å². The van der Waals surface area contributed by atoms with E-state index in [2.05, 4.69) is 20.0 Å². The lowest BCUT2D eigenvalue weighted by Crippen LogP contribution is -2.33. The Balaban J connectivity index is 1.40. The number of rotatable bonds is 8. The molecule has 1 saturated heterocycles. The molecular formula is C22H23FN6O3S. The molecule has 0 aliphatic carbocycles. The summed E-state index contributed by atoms with van der Waals surface area (Å²) in [6, 6.07) is 12.1. The molecule has 3 aromatic rings. The highest BCUT2D eigenvalue weighted by molar-refractivity contribution is 7.05. The van der Waals surface area contributed by atoms with Crippen LogP contribution in [0.5, 0.6) is 0 Å². The Morgan fingerprint density at radius 1 is 1.30 bits per heavy atom. The van der Waals surface area contributed by atoms with Crippen molar-refractivity contribution in [1.29, 1.82) is 0 Å². The molecule has 4 N–H and O–H groups in total. The second kappa shape index (κ2) is 9.92. The molecule has 2 amide bonds. The van der Waals surface area contributed by atoms with E-state index in [0.29, 0.717) is 35.9 Å². The first kappa shape index (κ1) is 22.6. The van der Waals surface area contributed by atoms with Gasteiger partial charge in [0.1, 0.15) is 16.9 Å². The fourth-order valence-electron chi connectivity index (χ4n) is 3.40. The molecule has 0 spiro atoms. The number of aromatic nitrogens is 2. The Morgan fingerprint density at radius 3 is 2.76 bits per heavy atom. The highest BCUT2D eigenvalue weighted by atomic mass is 32.1. The normalized spacial score (nSPS) is 15.4. The van der Waals surface area contributed by atoms with Crippen LogP contribution < -0.4 is 21.3 Å². The van der Waals surface area contributed by atoms with E-state index in [-0.39, 0.29) is 19.0 Å². The number of ether oxygens (including phenoxy) is 1. The van der Waals surface area contributed by atoms with Crippen LogP contribution in [-0.2, 0) is 22.6 Å². The minimum absolute atomic E-state index is 0.206. The van der Waals surface area contributed by atoms with Gasteiger partial charge < -0.3 is 21.1 Å². The van der Waals surface area contributed by atoms with Crippen molar-refractivity contribution in [2.75, 3.05) is 23.3 Å². The number of amides is 2. The third-order valence-corrected chi connectivity index (χ3v) is 5.81. The van der Waals surface area contributed by atoms with E-state index in [1.807, 2.05) is 24.3 Å². The van der Waals surface area contributed by atoms with Gasteiger partial charge in [-0.15, -0.1) is 0 Å². The van der Waals surface area contributed by atoms with Gasteiger partial charge in [0, 0.05) is 25.6 Å². The molecule has 0 radical (unpaired) electrons. The molecule has 4 rings (SSSR count). The number of carbonyl (C=O) groups is 2. The van der Waals surface area contributed by atoms with Gasteiger partial charge in [0.25, 0.3) is 0 Å². The SMILES string of the molecule is CC(=O)NC[C@H]1CN(c2ccc(-c3ccc(CNc4nsc(CN)n4)cc3)c(F)c2)C(=O)O1. The second-order valence-corrected chi connectivity index (χ2v) is 8.32. The third-order valence-electron chi connectivity index (χ3n) is 5.08. The number of anilines is 2. The molecule has 2 heterocycles. The summed E-state index contributed by atoms with van der Waals surface area (Å²) in [5.41, 5.74) is 8.08. The summed E-state index contributed by atoms with van der Waals surface area (Å²) in [6.45, 7) is 2.72. The summed E-state index contributed by atoms with van der Waals surface area (Å²) in [4.78, 5) is 28.8. The molecule has 1 aromatic heterocycles. The Hall–Kier alpha value is -3.57. The van der Waals surface area contributed by atoms with E-state index in [1.165, 1.54) is 29.4 Å². The summed E-state index contributed by atoms with van der Waals surface area (Å²) in [6.07, 6.45) is -1.05. The van der Waals surface area contributed by atoms with Crippen molar-refractivity contribution in [3.8, 4) is 11.1 Å². The maximum absolute atomic E-state index is 14.9. The number of halogens is 1. The number of nitrogens with one attached hydrogen (secondary N) is 2. The molecule has 1 aliphatic rings. The molecule has 172 valence electrons. The van der Waals surface area contributed by atoms with Gasteiger partial charge in [0.05, 0.1) is 18.8 Å². The number of benzene rings is 2. The third kappa shape index (κ3) is 5.44. The molecule has 33 heavy (non-hydrogen) atoms. The first-order valence-corrected chi connectivity index (χ1v) is 11.1. The van der Waals surface area contributed by atoms with Crippen LogP contribution >= 0.6 is 11.5 Å². The highest BCUT2D eigenvalue weighted by Gasteiger charge is 2.32. The van der Waals surface area contributed by atoms with E-state index in [9.17, 15) is 14.0 Å². The van der Waals surface area contributed by atoms with Gasteiger partial charge >= 0.3 is 6.09 Å². The first-order valence-electron chi connectivity index (χ1n) is 10.3. The van der Waals surface area contributed by atoms with Gasteiger partial charge in [-0.1, -0.05) is 24.3 Å². The van der Waals surface area contributed by atoms with Gasteiger partial charge in [-0.2, -0.15) is 4.37 Å². The second-order valence-electron chi connectivity index (χ2n) is 7.48. The Bertz CT molecular complexity index is 1150. The van der Waals surface area contributed by atoms with E-state index in [4.69, 9.17) is 10.5 Å². The molecule has 9 nitrogen and oxygen atoms in total. The largest absolute Gasteiger partial charge is 0.442 e. The fourth-order valence-corrected chi connectivity index (χ4v) is 3.89. The van der Waals surface area contributed by atoms with Crippen LogP contribution in [0, 0.1) is 5.82 Å². The lowest BCUT2D eigenvalue weighted by atomic mass is 10.0. The van der Waals surface area contributed by atoms with Crippen LogP contribution in [0.3, 0.4) is 0 Å². The molecular weight excluding hydrogens is 447 g/mol. The molecule has 1 fully saturated rings. The molecule has 0 saturated carbocycles. The van der Waals surface area contributed by atoms with Crippen molar-refractivity contribution in [2.24, 2.45) is 5.73 Å². The summed E-state index contributed by atoms with van der Waals surface area (Å²) in [5, 5.41) is 6.51. The maximum Gasteiger partial charge on any atom is 0.414 e. The summed E-state index contributed by atoms with van der Waals surface area (Å²) in [5.74, 6) is -0.120. The first-order chi connectivity index (χ1) is 15.9. The van der Waals surface area contributed by atoms with Crippen LogP contribution in [0.2, 0.25) is 0 Å². The van der Waals surface area contributed by atoms with Crippen LogP contribution in [0.15, 0.2) is 42.5 Å². The van der Waals surface area contributed by atoms with Crippen molar-refractivity contribution in [1.82, 2.24) is 14.7 Å². The molecule has 1 aliphatic heterocycles. The number of hydrogen-bond donors (Lipinski definition) is 3. The number of nitrogens with zero attached hydrogens (tertiary/aromatic N) is 3. The number of hydrogen-bond acceptors (Lipinski definition) is 8. The van der Waals surface area contributed by atoms with Gasteiger partial charge in [-0.05, 0) is 40.9 Å². The average Bonchev–Trinajstić information content (AvgIpc) is 3.43. The summed E-state index contributed by atoms with van der Waals surface area (Å²) < 4.78 is 24.3. The Labute approximate surface area is 193 Å². The average molecular weight is 471 g/mol. The predicted molar refractivity (Wildman–Crippen MR) is 123 cm³/mol. The number of nitrogens with two attached hydrogens (primary N) is 1. The predicted octanol–water partition coefficient (Wildman–Crippen LogP) is 2.88. The minimum atomic E-state index is -0.567.